The van der Waals surface area contributed by atoms with Gasteiger partial charge < -0.3 is 10.2 Å². The van der Waals surface area contributed by atoms with E-state index in [1.807, 2.05) is 30.3 Å². The van der Waals surface area contributed by atoms with Crippen LogP contribution in [0.2, 0.25) is 10.0 Å². The number of likely N-dealkylation sites (N-methyl/N-ethyl adjacent to an activating group) is 1. The molecule has 0 saturated heterocycles. The summed E-state index contributed by atoms with van der Waals surface area (Å²) in [6, 6.07) is 24.2. The molecule has 2 amide bonds. The molecule has 1 N–H and O–H groups in total. The van der Waals surface area contributed by atoms with Crippen molar-refractivity contribution in [3.63, 3.8) is 0 Å². The number of nitrogens with zero attached hydrogens (tertiary/aromatic N) is 2. The third kappa shape index (κ3) is 7.77. The van der Waals surface area contributed by atoms with E-state index in [1.54, 1.807) is 44.2 Å². The number of rotatable bonds is 12. The van der Waals surface area contributed by atoms with Crippen LogP contribution in [0, 0.1) is 12.7 Å². The highest BCUT2D eigenvalue weighted by atomic mass is 35.5. The predicted octanol–water partition coefficient (Wildman–Crippen LogP) is 6.41. The number of halogens is 3. The van der Waals surface area contributed by atoms with Crippen molar-refractivity contribution in [3.05, 3.63) is 130 Å². The van der Waals surface area contributed by atoms with Gasteiger partial charge in [-0.25, -0.2) is 12.8 Å². The second-order valence-corrected chi connectivity index (χ2v) is 12.8. The molecule has 0 aliphatic heterocycles. The molecule has 0 radical (unpaired) electrons. The minimum absolute atomic E-state index is 0.116. The molecule has 0 bridgehead atoms. The standard InChI is InChI=1S/C33H32Cl2FN3O4S/c1-3-37-33(41)31(20-24-10-5-4-6-11-24)38(21-26-27(34)12-9-13-28(26)35)32(40)22-39(30-15-8-7-14-29(30)36)44(42,43)25-18-16-23(2)17-19-25/h4-19,31H,3,20-22H2,1-2H3,(H,37,41)/t31-/m1/s1. The topological polar surface area (TPSA) is 86.8 Å². The van der Waals surface area contributed by atoms with Crippen LogP contribution in [0.15, 0.2) is 102 Å². The fraction of sp³-hybridized carbons (Fsp3) is 0.212. The number of sulfonamides is 1. The Morgan fingerprint density at radius 1 is 0.864 bits per heavy atom. The second-order valence-electron chi connectivity index (χ2n) is 10.1. The summed E-state index contributed by atoms with van der Waals surface area (Å²) in [6.07, 6.45) is 0.116. The van der Waals surface area contributed by atoms with E-state index in [2.05, 4.69) is 5.32 Å². The van der Waals surface area contributed by atoms with Gasteiger partial charge in [-0.15, -0.1) is 0 Å². The van der Waals surface area contributed by atoms with Crippen molar-refractivity contribution in [2.45, 2.75) is 37.8 Å². The van der Waals surface area contributed by atoms with Crippen molar-refractivity contribution in [3.8, 4) is 0 Å². The molecule has 4 aromatic rings. The van der Waals surface area contributed by atoms with Gasteiger partial charge in [-0.1, -0.05) is 89.4 Å². The van der Waals surface area contributed by atoms with Crippen LogP contribution in [0.25, 0.3) is 0 Å². The summed E-state index contributed by atoms with van der Waals surface area (Å²) >= 11 is 13.0. The SMILES string of the molecule is CCNC(=O)[C@@H](Cc1ccccc1)N(Cc1c(Cl)cccc1Cl)C(=O)CN(c1ccccc1F)S(=O)(=O)c1ccc(C)cc1. The molecule has 0 aliphatic carbocycles. The first-order chi connectivity index (χ1) is 21.0. The van der Waals surface area contributed by atoms with Crippen molar-refractivity contribution in [1.29, 1.82) is 0 Å². The molecule has 4 aromatic carbocycles. The zero-order valence-electron chi connectivity index (χ0n) is 24.2. The number of benzene rings is 4. The predicted molar refractivity (Wildman–Crippen MR) is 172 cm³/mol. The number of amides is 2. The molecule has 0 saturated carbocycles. The van der Waals surface area contributed by atoms with E-state index >= 15 is 4.39 Å². The lowest BCUT2D eigenvalue weighted by molar-refractivity contribution is -0.140. The van der Waals surface area contributed by atoms with Gasteiger partial charge >= 0.3 is 0 Å². The lowest BCUT2D eigenvalue weighted by Gasteiger charge is -2.34. The Labute approximate surface area is 267 Å². The largest absolute Gasteiger partial charge is 0.355 e. The van der Waals surface area contributed by atoms with Crippen LogP contribution in [0.3, 0.4) is 0 Å². The number of aryl methyl sites for hydroxylation is 1. The second kappa shape index (κ2) is 14.7. The van der Waals surface area contributed by atoms with Crippen molar-refractivity contribution >= 4 is 50.7 Å². The maximum Gasteiger partial charge on any atom is 0.264 e. The number of anilines is 1. The molecular weight excluding hydrogens is 624 g/mol. The van der Waals surface area contributed by atoms with Gasteiger partial charge in [-0.2, -0.15) is 0 Å². The average Bonchev–Trinajstić information content (AvgIpc) is 3.00. The van der Waals surface area contributed by atoms with Crippen molar-refractivity contribution < 1.29 is 22.4 Å². The Morgan fingerprint density at radius 2 is 1.48 bits per heavy atom. The highest BCUT2D eigenvalue weighted by Gasteiger charge is 2.35. The van der Waals surface area contributed by atoms with Gasteiger partial charge in [0.05, 0.1) is 10.6 Å². The maximum absolute atomic E-state index is 15.2. The van der Waals surface area contributed by atoms with Crippen LogP contribution in [0.4, 0.5) is 10.1 Å². The fourth-order valence-corrected chi connectivity index (χ4v) is 6.64. The molecule has 0 heterocycles. The summed E-state index contributed by atoms with van der Waals surface area (Å²) in [7, 11) is -4.43. The van der Waals surface area contributed by atoms with Gasteiger partial charge in [0.2, 0.25) is 11.8 Å². The Bertz CT molecular complexity index is 1700. The van der Waals surface area contributed by atoms with E-state index in [-0.39, 0.29) is 33.6 Å². The van der Waals surface area contributed by atoms with Crippen LogP contribution in [-0.2, 0) is 32.6 Å². The zero-order chi connectivity index (χ0) is 31.9. The smallest absolute Gasteiger partial charge is 0.264 e. The van der Waals surface area contributed by atoms with E-state index < -0.39 is 40.2 Å². The number of carbonyl (C=O) groups excluding carboxylic acids is 2. The van der Waals surface area contributed by atoms with Gasteiger partial charge in [0.1, 0.15) is 18.4 Å². The summed E-state index contributed by atoms with van der Waals surface area (Å²) in [5.41, 5.74) is 1.66. The molecule has 1 atom stereocenters. The maximum atomic E-state index is 15.2. The summed E-state index contributed by atoms with van der Waals surface area (Å²) in [6.45, 7) is 2.84. The van der Waals surface area contributed by atoms with Gasteiger partial charge in [0, 0.05) is 35.1 Å². The summed E-state index contributed by atoms with van der Waals surface area (Å²) in [5, 5.41) is 3.31. The zero-order valence-corrected chi connectivity index (χ0v) is 26.5. The number of hydrogen-bond donors (Lipinski definition) is 1. The summed E-state index contributed by atoms with van der Waals surface area (Å²) in [5.74, 6) is -2.04. The van der Waals surface area contributed by atoms with Crippen LogP contribution >= 0.6 is 23.2 Å². The molecule has 0 spiro atoms. The third-order valence-corrected chi connectivity index (χ3v) is 9.50. The number of carbonyl (C=O) groups is 2. The van der Waals surface area contributed by atoms with Gasteiger partial charge in [0.25, 0.3) is 10.0 Å². The molecular formula is C33H32Cl2FN3O4S. The average molecular weight is 657 g/mol. The Balaban J connectivity index is 1.84. The van der Waals surface area contributed by atoms with E-state index in [0.29, 0.717) is 12.1 Å². The van der Waals surface area contributed by atoms with Crippen LogP contribution in [-0.4, -0.2) is 44.3 Å². The fourth-order valence-electron chi connectivity index (χ4n) is 4.70. The number of nitrogens with one attached hydrogen (secondary N) is 1. The molecule has 7 nitrogen and oxygen atoms in total. The van der Waals surface area contributed by atoms with Gasteiger partial charge in [-0.3, -0.25) is 13.9 Å². The number of para-hydroxylation sites is 1. The van der Waals surface area contributed by atoms with E-state index in [4.69, 9.17) is 23.2 Å². The van der Waals surface area contributed by atoms with Crippen LogP contribution < -0.4 is 9.62 Å². The molecule has 0 unspecified atom stereocenters. The summed E-state index contributed by atoms with van der Waals surface area (Å²) in [4.78, 5) is 29.1. The quantitative estimate of drug-likeness (QED) is 0.191. The molecule has 0 fully saturated rings. The molecule has 0 aromatic heterocycles. The normalized spacial score (nSPS) is 11.9. The first-order valence-corrected chi connectivity index (χ1v) is 16.1. The highest BCUT2D eigenvalue weighted by molar-refractivity contribution is 7.92. The van der Waals surface area contributed by atoms with E-state index in [9.17, 15) is 18.0 Å². The number of hydrogen-bond acceptors (Lipinski definition) is 4. The van der Waals surface area contributed by atoms with Crippen LogP contribution in [0.1, 0.15) is 23.6 Å². The summed E-state index contributed by atoms with van der Waals surface area (Å²) < 4.78 is 43.9. The van der Waals surface area contributed by atoms with Crippen LogP contribution in [0.5, 0.6) is 0 Å². The lowest BCUT2D eigenvalue weighted by Crippen LogP contribution is -2.53. The van der Waals surface area contributed by atoms with Gasteiger partial charge in [-0.05, 0) is 55.8 Å². The van der Waals surface area contributed by atoms with Crippen molar-refractivity contribution in [1.82, 2.24) is 10.2 Å². The monoisotopic (exact) mass is 655 g/mol. The first-order valence-electron chi connectivity index (χ1n) is 13.9. The van der Waals surface area contributed by atoms with Gasteiger partial charge in [0.15, 0.2) is 0 Å². The minimum Gasteiger partial charge on any atom is -0.355 e. The first kappa shape index (κ1) is 33.0. The lowest BCUT2D eigenvalue weighted by atomic mass is 10.0. The van der Waals surface area contributed by atoms with Crippen molar-refractivity contribution in [2.75, 3.05) is 17.4 Å². The Morgan fingerprint density at radius 3 is 2.09 bits per heavy atom. The van der Waals surface area contributed by atoms with Crippen molar-refractivity contribution in [2.24, 2.45) is 0 Å². The minimum atomic E-state index is -4.43. The molecule has 44 heavy (non-hydrogen) atoms. The van der Waals surface area contributed by atoms with E-state index in [0.717, 1.165) is 21.5 Å². The highest BCUT2D eigenvalue weighted by Crippen LogP contribution is 2.30. The Hall–Kier alpha value is -3.92. The molecule has 230 valence electrons. The molecule has 4 rings (SSSR count). The Kier molecular flexibility index (Phi) is 11.0. The molecule has 11 heteroatoms. The molecule has 0 aliphatic rings. The van der Waals surface area contributed by atoms with E-state index in [1.165, 1.54) is 35.2 Å². The third-order valence-electron chi connectivity index (χ3n) is 7.02.